The maximum atomic E-state index is 5.91. The van der Waals surface area contributed by atoms with Crippen LogP contribution in [0.15, 0.2) is 18.3 Å². The highest BCUT2D eigenvalue weighted by atomic mass is 16.5. The SMILES string of the molecule is CC(C)CC12CCCN1C1c3cccnc3OCC1C2. The third-order valence-electron chi connectivity index (χ3n) is 5.42. The van der Waals surface area contributed by atoms with Gasteiger partial charge < -0.3 is 4.74 Å². The van der Waals surface area contributed by atoms with Crippen LogP contribution in [0.2, 0.25) is 0 Å². The molecule has 2 fully saturated rings. The van der Waals surface area contributed by atoms with Gasteiger partial charge in [-0.15, -0.1) is 0 Å². The van der Waals surface area contributed by atoms with Crippen molar-refractivity contribution in [3.05, 3.63) is 23.9 Å². The van der Waals surface area contributed by atoms with Crippen molar-refractivity contribution in [2.24, 2.45) is 11.8 Å². The van der Waals surface area contributed by atoms with E-state index in [0.717, 1.165) is 18.4 Å². The minimum absolute atomic E-state index is 0.435. The molecular formula is C17H24N2O. The third-order valence-corrected chi connectivity index (χ3v) is 5.42. The van der Waals surface area contributed by atoms with Gasteiger partial charge in [0, 0.05) is 29.3 Å². The molecule has 108 valence electrons. The highest BCUT2D eigenvalue weighted by Gasteiger charge is 2.55. The first-order chi connectivity index (χ1) is 9.70. The molecule has 3 atom stereocenters. The van der Waals surface area contributed by atoms with E-state index >= 15 is 0 Å². The Hall–Kier alpha value is -1.09. The van der Waals surface area contributed by atoms with Gasteiger partial charge in [0.2, 0.25) is 5.88 Å². The van der Waals surface area contributed by atoms with E-state index in [9.17, 15) is 0 Å². The fourth-order valence-corrected chi connectivity index (χ4v) is 5.04. The Morgan fingerprint density at radius 3 is 3.25 bits per heavy atom. The summed E-state index contributed by atoms with van der Waals surface area (Å²) in [6, 6.07) is 4.83. The number of fused-ring (bicyclic) bond motifs is 5. The van der Waals surface area contributed by atoms with Gasteiger partial charge in [-0.05, 0) is 44.2 Å². The molecule has 0 bridgehead atoms. The fraction of sp³-hybridized carbons (Fsp3) is 0.706. The summed E-state index contributed by atoms with van der Waals surface area (Å²) in [6.45, 7) is 6.83. The first-order valence-corrected chi connectivity index (χ1v) is 8.04. The van der Waals surface area contributed by atoms with Gasteiger partial charge in [-0.3, -0.25) is 4.90 Å². The Kier molecular flexibility index (Phi) is 2.81. The number of nitrogens with zero attached hydrogens (tertiary/aromatic N) is 2. The van der Waals surface area contributed by atoms with Crippen molar-refractivity contribution in [3.8, 4) is 5.88 Å². The Bertz CT molecular complexity index is 515. The smallest absolute Gasteiger partial charge is 0.218 e. The van der Waals surface area contributed by atoms with Crippen molar-refractivity contribution < 1.29 is 4.74 Å². The normalized spacial score (nSPS) is 35.5. The number of rotatable bonds is 2. The van der Waals surface area contributed by atoms with E-state index < -0.39 is 0 Å². The molecule has 2 saturated heterocycles. The second kappa shape index (κ2) is 4.45. The quantitative estimate of drug-likeness (QED) is 0.825. The average molecular weight is 272 g/mol. The van der Waals surface area contributed by atoms with Crippen molar-refractivity contribution in [2.45, 2.75) is 51.1 Å². The summed E-state index contributed by atoms with van der Waals surface area (Å²) in [5, 5.41) is 0. The molecule has 1 aromatic heterocycles. The standard InChI is InChI=1S/C17H24N2O/c1-12(2)9-17-6-4-8-19(17)15-13(10-17)11-20-16-14(15)5-3-7-18-16/h3,5,7,12-13,15H,4,6,8-11H2,1-2H3. The molecule has 4 heterocycles. The van der Waals surface area contributed by atoms with E-state index in [1.165, 1.54) is 37.8 Å². The van der Waals surface area contributed by atoms with Crippen molar-refractivity contribution in [2.75, 3.05) is 13.2 Å². The van der Waals surface area contributed by atoms with Crippen LogP contribution in [-0.4, -0.2) is 28.6 Å². The van der Waals surface area contributed by atoms with E-state index in [-0.39, 0.29) is 0 Å². The molecule has 3 heteroatoms. The zero-order chi connectivity index (χ0) is 13.7. The van der Waals surface area contributed by atoms with Gasteiger partial charge in [0.1, 0.15) is 0 Å². The van der Waals surface area contributed by atoms with Crippen LogP contribution in [0.1, 0.15) is 51.1 Å². The van der Waals surface area contributed by atoms with Crippen LogP contribution in [0.25, 0.3) is 0 Å². The van der Waals surface area contributed by atoms with Gasteiger partial charge in [-0.2, -0.15) is 0 Å². The third kappa shape index (κ3) is 1.72. The number of hydrogen-bond acceptors (Lipinski definition) is 3. The summed E-state index contributed by atoms with van der Waals surface area (Å²) in [4.78, 5) is 7.23. The Balaban J connectivity index is 1.73. The van der Waals surface area contributed by atoms with Gasteiger partial charge in [-0.25, -0.2) is 4.98 Å². The lowest BCUT2D eigenvalue weighted by Gasteiger charge is -2.37. The zero-order valence-corrected chi connectivity index (χ0v) is 12.5. The number of pyridine rings is 1. The van der Waals surface area contributed by atoms with Crippen molar-refractivity contribution in [3.63, 3.8) is 0 Å². The molecular weight excluding hydrogens is 248 g/mol. The average Bonchev–Trinajstić information content (AvgIpc) is 2.92. The monoisotopic (exact) mass is 272 g/mol. The molecule has 0 amide bonds. The number of aromatic nitrogens is 1. The summed E-state index contributed by atoms with van der Waals surface area (Å²) in [6.07, 6.45) is 7.21. The molecule has 0 saturated carbocycles. The van der Waals surface area contributed by atoms with Crippen molar-refractivity contribution >= 4 is 0 Å². The van der Waals surface area contributed by atoms with Gasteiger partial charge >= 0.3 is 0 Å². The molecule has 0 aromatic carbocycles. The van der Waals surface area contributed by atoms with Crippen LogP contribution >= 0.6 is 0 Å². The maximum absolute atomic E-state index is 5.91. The van der Waals surface area contributed by atoms with E-state index in [2.05, 4.69) is 35.9 Å². The maximum Gasteiger partial charge on any atom is 0.218 e. The first kappa shape index (κ1) is 12.6. The lowest BCUT2D eigenvalue weighted by molar-refractivity contribution is 0.106. The van der Waals surface area contributed by atoms with Crippen LogP contribution in [0.3, 0.4) is 0 Å². The van der Waals surface area contributed by atoms with Gasteiger partial charge in [0.25, 0.3) is 0 Å². The van der Waals surface area contributed by atoms with Gasteiger partial charge in [-0.1, -0.05) is 19.9 Å². The molecule has 3 aliphatic rings. The number of ether oxygens (including phenoxy) is 1. The number of hydrogen-bond donors (Lipinski definition) is 0. The summed E-state index contributed by atoms with van der Waals surface area (Å²) < 4.78 is 5.91. The van der Waals surface area contributed by atoms with Crippen LogP contribution in [0, 0.1) is 11.8 Å². The Morgan fingerprint density at radius 2 is 2.40 bits per heavy atom. The minimum atomic E-state index is 0.435. The molecule has 3 nitrogen and oxygen atoms in total. The summed E-state index contributed by atoms with van der Waals surface area (Å²) in [7, 11) is 0. The molecule has 4 rings (SSSR count). The largest absolute Gasteiger partial charge is 0.477 e. The lowest BCUT2D eigenvalue weighted by Crippen LogP contribution is -2.40. The van der Waals surface area contributed by atoms with E-state index in [4.69, 9.17) is 4.74 Å². The van der Waals surface area contributed by atoms with E-state index in [0.29, 0.717) is 17.5 Å². The molecule has 20 heavy (non-hydrogen) atoms. The second-order valence-electron chi connectivity index (χ2n) is 7.24. The van der Waals surface area contributed by atoms with E-state index in [1.807, 2.05) is 6.20 Å². The first-order valence-electron chi connectivity index (χ1n) is 8.04. The molecule has 3 unspecified atom stereocenters. The van der Waals surface area contributed by atoms with Crippen LogP contribution < -0.4 is 4.74 Å². The summed E-state index contributed by atoms with van der Waals surface area (Å²) in [5.74, 6) is 2.30. The second-order valence-corrected chi connectivity index (χ2v) is 7.24. The van der Waals surface area contributed by atoms with Crippen LogP contribution in [-0.2, 0) is 0 Å². The molecule has 0 aliphatic carbocycles. The highest BCUT2D eigenvalue weighted by Crippen LogP contribution is 2.56. The molecule has 0 N–H and O–H groups in total. The Labute approximate surface area is 121 Å². The summed E-state index contributed by atoms with van der Waals surface area (Å²) in [5.41, 5.74) is 1.76. The molecule has 0 radical (unpaired) electrons. The van der Waals surface area contributed by atoms with Crippen LogP contribution in [0.5, 0.6) is 5.88 Å². The molecule has 3 aliphatic heterocycles. The summed E-state index contributed by atoms with van der Waals surface area (Å²) >= 11 is 0. The van der Waals surface area contributed by atoms with Crippen molar-refractivity contribution in [1.29, 1.82) is 0 Å². The fourth-order valence-electron chi connectivity index (χ4n) is 5.04. The predicted molar refractivity (Wildman–Crippen MR) is 78.7 cm³/mol. The predicted octanol–water partition coefficient (Wildman–Crippen LogP) is 3.42. The van der Waals surface area contributed by atoms with Crippen molar-refractivity contribution in [1.82, 2.24) is 9.88 Å². The lowest BCUT2D eigenvalue weighted by atomic mass is 9.82. The molecule has 1 aromatic rings. The van der Waals surface area contributed by atoms with Gasteiger partial charge in [0.15, 0.2) is 0 Å². The minimum Gasteiger partial charge on any atom is -0.477 e. The highest BCUT2D eigenvalue weighted by molar-refractivity contribution is 5.34. The molecule has 0 spiro atoms. The zero-order valence-electron chi connectivity index (χ0n) is 12.5. The van der Waals surface area contributed by atoms with E-state index in [1.54, 1.807) is 0 Å². The topological polar surface area (TPSA) is 25.4 Å². The Morgan fingerprint density at radius 1 is 1.50 bits per heavy atom. The van der Waals surface area contributed by atoms with Crippen LogP contribution in [0.4, 0.5) is 0 Å². The van der Waals surface area contributed by atoms with Gasteiger partial charge in [0.05, 0.1) is 6.61 Å².